The Balaban J connectivity index is 2.80. The Labute approximate surface area is 76.4 Å². The van der Waals surface area contributed by atoms with Crippen molar-refractivity contribution in [1.29, 1.82) is 0 Å². The Bertz CT molecular complexity index is 444. The summed E-state index contributed by atoms with van der Waals surface area (Å²) in [5.74, 6) is 0.648. The second-order valence-electron chi connectivity index (χ2n) is 3.09. The Morgan fingerprint density at radius 2 is 2.31 bits per heavy atom. The molecule has 0 fully saturated rings. The lowest BCUT2D eigenvalue weighted by Gasteiger charge is -2.01. The summed E-state index contributed by atoms with van der Waals surface area (Å²) < 4.78 is 1.66. The van der Waals surface area contributed by atoms with Gasteiger partial charge in [0.15, 0.2) is 5.65 Å². The van der Waals surface area contributed by atoms with E-state index in [1.807, 2.05) is 13.0 Å². The van der Waals surface area contributed by atoms with Gasteiger partial charge < -0.3 is 5.73 Å². The van der Waals surface area contributed by atoms with E-state index >= 15 is 0 Å². The minimum atomic E-state index is 0.648. The number of hydrogen-bond donors (Lipinski definition) is 1. The smallest absolute Gasteiger partial charge is 0.160 e. The third kappa shape index (κ3) is 1.14. The number of aromatic nitrogens is 3. The van der Waals surface area contributed by atoms with E-state index < -0.39 is 0 Å². The fourth-order valence-electron chi connectivity index (χ4n) is 1.33. The molecule has 13 heavy (non-hydrogen) atoms. The number of hydrogen-bond acceptors (Lipinski definition) is 3. The van der Waals surface area contributed by atoms with Crippen LogP contribution in [0.15, 0.2) is 12.3 Å². The molecule has 0 atom stereocenters. The highest BCUT2D eigenvalue weighted by molar-refractivity contribution is 5.51. The van der Waals surface area contributed by atoms with Crippen molar-refractivity contribution in [3.63, 3.8) is 0 Å². The predicted molar refractivity (Wildman–Crippen MR) is 51.5 cm³/mol. The van der Waals surface area contributed by atoms with Crippen LogP contribution < -0.4 is 5.73 Å². The van der Waals surface area contributed by atoms with Crippen molar-refractivity contribution in [2.75, 3.05) is 5.73 Å². The Hall–Kier alpha value is -1.58. The third-order valence-corrected chi connectivity index (χ3v) is 2.09. The highest BCUT2D eigenvalue weighted by Crippen LogP contribution is 2.12. The first-order valence-corrected chi connectivity index (χ1v) is 4.32. The maximum atomic E-state index is 5.81. The normalized spacial score (nSPS) is 10.9. The summed E-state index contributed by atoms with van der Waals surface area (Å²) in [6.45, 7) is 4.04. The Kier molecular flexibility index (Phi) is 1.69. The highest BCUT2D eigenvalue weighted by Gasteiger charge is 2.05. The van der Waals surface area contributed by atoms with Gasteiger partial charge in [-0.2, -0.15) is 9.61 Å². The number of nitrogens with zero attached hydrogens (tertiary/aromatic N) is 3. The number of nitrogen functional groups attached to an aromatic ring is 1. The van der Waals surface area contributed by atoms with Crippen LogP contribution in [-0.2, 0) is 6.42 Å². The van der Waals surface area contributed by atoms with Crippen LogP contribution in [0.2, 0.25) is 0 Å². The zero-order valence-electron chi connectivity index (χ0n) is 7.78. The fourth-order valence-corrected chi connectivity index (χ4v) is 1.33. The van der Waals surface area contributed by atoms with Gasteiger partial charge >= 0.3 is 0 Å². The Morgan fingerprint density at radius 1 is 1.54 bits per heavy atom. The average Bonchev–Trinajstić information content (AvgIpc) is 2.48. The molecule has 0 aliphatic carbocycles. The van der Waals surface area contributed by atoms with Gasteiger partial charge in [-0.05, 0) is 13.3 Å². The maximum Gasteiger partial charge on any atom is 0.160 e. The van der Waals surface area contributed by atoms with Crippen LogP contribution >= 0.6 is 0 Å². The van der Waals surface area contributed by atoms with Crippen LogP contribution in [0.3, 0.4) is 0 Å². The second-order valence-corrected chi connectivity index (χ2v) is 3.09. The summed E-state index contributed by atoms with van der Waals surface area (Å²) in [5, 5.41) is 4.12. The molecule has 2 N–H and O–H groups in total. The molecule has 2 heterocycles. The lowest BCUT2D eigenvalue weighted by molar-refractivity contribution is 0.923. The van der Waals surface area contributed by atoms with Crippen LogP contribution in [0.25, 0.3) is 5.65 Å². The van der Waals surface area contributed by atoms with Crippen LogP contribution in [0.4, 0.5) is 5.82 Å². The minimum Gasteiger partial charge on any atom is -0.384 e. The van der Waals surface area contributed by atoms with Crippen LogP contribution in [0.1, 0.15) is 18.2 Å². The van der Waals surface area contributed by atoms with Gasteiger partial charge in [0.25, 0.3) is 0 Å². The highest BCUT2D eigenvalue weighted by atomic mass is 15.3. The topological polar surface area (TPSA) is 56.2 Å². The number of nitrogens with two attached hydrogens (primary N) is 1. The molecule has 0 radical (unpaired) electrons. The molecule has 0 aliphatic heterocycles. The number of anilines is 1. The summed E-state index contributed by atoms with van der Waals surface area (Å²) >= 11 is 0. The first kappa shape index (κ1) is 8.04. The average molecular weight is 176 g/mol. The van der Waals surface area contributed by atoms with Gasteiger partial charge in [0.2, 0.25) is 0 Å². The van der Waals surface area contributed by atoms with Crippen LogP contribution in [0.5, 0.6) is 0 Å². The standard InChI is InChI=1S/C9H12N4/c1-3-7-4-8(10)13-9(12-7)6(2)5-11-13/h4-5H,3,10H2,1-2H3. The molecule has 0 aromatic carbocycles. The van der Waals surface area contributed by atoms with Gasteiger partial charge in [0.05, 0.1) is 6.20 Å². The summed E-state index contributed by atoms with van der Waals surface area (Å²) in [7, 11) is 0. The monoisotopic (exact) mass is 176 g/mol. The molecular weight excluding hydrogens is 164 g/mol. The molecule has 2 aromatic rings. The summed E-state index contributed by atoms with van der Waals surface area (Å²) in [6, 6.07) is 1.86. The Morgan fingerprint density at radius 3 is 3.00 bits per heavy atom. The quantitative estimate of drug-likeness (QED) is 0.709. The minimum absolute atomic E-state index is 0.648. The van der Waals surface area contributed by atoms with Gasteiger partial charge in [0, 0.05) is 17.3 Å². The number of rotatable bonds is 1. The van der Waals surface area contributed by atoms with Crippen LogP contribution in [0, 0.1) is 6.92 Å². The van der Waals surface area contributed by atoms with E-state index in [2.05, 4.69) is 17.0 Å². The van der Waals surface area contributed by atoms with E-state index in [0.29, 0.717) is 5.82 Å². The molecule has 0 saturated heterocycles. The summed E-state index contributed by atoms with van der Waals surface area (Å²) in [5.41, 5.74) is 8.73. The van der Waals surface area contributed by atoms with Crippen molar-refractivity contribution < 1.29 is 0 Å². The molecule has 4 heteroatoms. The summed E-state index contributed by atoms with van der Waals surface area (Å²) in [4.78, 5) is 4.43. The molecule has 0 aliphatic rings. The molecule has 2 rings (SSSR count). The zero-order valence-corrected chi connectivity index (χ0v) is 7.78. The third-order valence-electron chi connectivity index (χ3n) is 2.09. The van der Waals surface area contributed by atoms with E-state index in [9.17, 15) is 0 Å². The van der Waals surface area contributed by atoms with Crippen molar-refractivity contribution >= 4 is 11.5 Å². The van der Waals surface area contributed by atoms with E-state index in [0.717, 1.165) is 23.3 Å². The second kappa shape index (κ2) is 2.73. The maximum absolute atomic E-state index is 5.81. The lowest BCUT2D eigenvalue weighted by Crippen LogP contribution is -2.02. The molecule has 68 valence electrons. The van der Waals surface area contributed by atoms with Gasteiger partial charge in [-0.3, -0.25) is 0 Å². The fraction of sp³-hybridized carbons (Fsp3) is 0.333. The van der Waals surface area contributed by atoms with Crippen molar-refractivity contribution in [2.24, 2.45) is 0 Å². The molecule has 0 spiro atoms. The summed E-state index contributed by atoms with van der Waals surface area (Å²) in [6.07, 6.45) is 2.67. The molecule has 2 aromatic heterocycles. The largest absolute Gasteiger partial charge is 0.384 e. The van der Waals surface area contributed by atoms with Crippen molar-refractivity contribution in [2.45, 2.75) is 20.3 Å². The number of aryl methyl sites for hydroxylation is 2. The van der Waals surface area contributed by atoms with Gasteiger partial charge in [-0.15, -0.1) is 0 Å². The number of fused-ring (bicyclic) bond motifs is 1. The molecule has 0 saturated carbocycles. The van der Waals surface area contributed by atoms with Gasteiger partial charge in [-0.1, -0.05) is 6.92 Å². The molecule has 0 bridgehead atoms. The van der Waals surface area contributed by atoms with Gasteiger partial charge in [-0.25, -0.2) is 4.98 Å². The molecule has 0 unspecified atom stereocenters. The van der Waals surface area contributed by atoms with E-state index in [1.165, 1.54) is 0 Å². The molecule has 4 nitrogen and oxygen atoms in total. The lowest BCUT2D eigenvalue weighted by atomic mass is 10.3. The van der Waals surface area contributed by atoms with Gasteiger partial charge in [0.1, 0.15) is 5.82 Å². The molecule has 0 amide bonds. The van der Waals surface area contributed by atoms with E-state index in [1.54, 1.807) is 10.7 Å². The zero-order chi connectivity index (χ0) is 9.42. The van der Waals surface area contributed by atoms with Crippen LogP contribution in [-0.4, -0.2) is 14.6 Å². The first-order chi connectivity index (χ1) is 6.22. The van der Waals surface area contributed by atoms with E-state index in [4.69, 9.17) is 5.73 Å². The van der Waals surface area contributed by atoms with Crippen molar-refractivity contribution in [3.8, 4) is 0 Å². The molecular formula is C9H12N4. The predicted octanol–water partition coefficient (Wildman–Crippen LogP) is 1.18. The van der Waals surface area contributed by atoms with Crippen molar-refractivity contribution in [3.05, 3.63) is 23.5 Å². The first-order valence-electron chi connectivity index (χ1n) is 4.32. The van der Waals surface area contributed by atoms with E-state index in [-0.39, 0.29) is 0 Å². The SMILES string of the molecule is CCc1cc(N)n2ncc(C)c2n1. The van der Waals surface area contributed by atoms with Crippen molar-refractivity contribution in [1.82, 2.24) is 14.6 Å².